The van der Waals surface area contributed by atoms with E-state index in [1.807, 2.05) is 0 Å². The van der Waals surface area contributed by atoms with Crippen LogP contribution in [0.3, 0.4) is 0 Å². The lowest BCUT2D eigenvalue weighted by atomic mass is 10.1. The topological polar surface area (TPSA) is 91.3 Å². The number of carbonyl (C=O) groups excluding carboxylic acids is 3. The Hall–Kier alpha value is -2.15. The molecule has 0 heterocycles. The van der Waals surface area contributed by atoms with Crippen molar-refractivity contribution in [3.05, 3.63) is 22.4 Å². The van der Waals surface area contributed by atoms with Crippen LogP contribution in [0.25, 0.3) is 0 Å². The normalized spacial score (nSPS) is 13.7. The molecule has 7 nitrogen and oxygen atoms in total. The Morgan fingerprint density at radius 1 is 1.04 bits per heavy atom. The number of Topliss-reactive ketones (excluding diaryl/α,β-unsaturated/α-hetero) is 1. The van der Waals surface area contributed by atoms with E-state index >= 15 is 0 Å². The second-order valence-electron chi connectivity index (χ2n) is 6.15. The molecule has 0 fully saturated rings. The van der Waals surface area contributed by atoms with Crippen molar-refractivity contribution in [2.45, 2.75) is 54.0 Å². The van der Waals surface area contributed by atoms with E-state index in [-0.39, 0.29) is 35.5 Å². The summed E-state index contributed by atoms with van der Waals surface area (Å²) in [6, 6.07) is 0. The molecule has 0 unspecified atom stereocenters. The lowest BCUT2D eigenvalue weighted by Gasteiger charge is -2.18. The first-order chi connectivity index (χ1) is 11.9. The smallest absolute Gasteiger partial charge is 0.343 e. The molecule has 0 saturated carbocycles. The molecular formula is C18H26ClNO6. The molecule has 0 bridgehead atoms. The van der Waals surface area contributed by atoms with Crippen LogP contribution in [0.2, 0.25) is 0 Å². The second-order valence-corrected chi connectivity index (χ2v) is 6.52. The quantitative estimate of drug-likeness (QED) is 0.219. The van der Waals surface area contributed by atoms with Crippen LogP contribution in [0.4, 0.5) is 0 Å². The molecule has 0 aliphatic rings. The third-order valence-electron chi connectivity index (χ3n) is 2.58. The van der Waals surface area contributed by atoms with Crippen molar-refractivity contribution in [1.82, 2.24) is 0 Å². The first-order valence-electron chi connectivity index (χ1n) is 8.13. The highest BCUT2D eigenvalue weighted by Gasteiger charge is 2.25. The third kappa shape index (κ3) is 8.80. The maximum atomic E-state index is 12.3. The van der Waals surface area contributed by atoms with Gasteiger partial charge in [0.2, 0.25) is 5.90 Å². The van der Waals surface area contributed by atoms with Gasteiger partial charge in [-0.2, -0.15) is 0 Å². The number of nitrogens with zero attached hydrogens (tertiary/aromatic N) is 1. The van der Waals surface area contributed by atoms with Gasteiger partial charge in [-0.25, -0.2) is 14.6 Å². The van der Waals surface area contributed by atoms with Crippen molar-refractivity contribution >= 4 is 35.2 Å². The van der Waals surface area contributed by atoms with Gasteiger partial charge in [-0.15, -0.1) is 0 Å². The van der Waals surface area contributed by atoms with E-state index in [9.17, 15) is 14.4 Å². The second kappa shape index (κ2) is 10.8. The van der Waals surface area contributed by atoms with Gasteiger partial charge < -0.3 is 14.2 Å². The number of allylic oxidation sites excluding steroid dienone is 2. The Morgan fingerprint density at radius 3 is 2.00 bits per heavy atom. The summed E-state index contributed by atoms with van der Waals surface area (Å²) in [6.45, 7) is 11.5. The zero-order chi connectivity index (χ0) is 20.5. The van der Waals surface area contributed by atoms with Crippen LogP contribution < -0.4 is 0 Å². The maximum absolute atomic E-state index is 12.3. The molecule has 0 aliphatic heterocycles. The van der Waals surface area contributed by atoms with E-state index in [2.05, 4.69) is 4.99 Å². The number of esters is 2. The fraction of sp³-hybridized carbons (Fsp3) is 0.556. The summed E-state index contributed by atoms with van der Waals surface area (Å²) in [6.07, 6.45) is 0.945. The molecule has 0 aromatic carbocycles. The lowest BCUT2D eigenvalue weighted by molar-refractivity contribution is -0.140. The molecule has 0 atom stereocenters. The average Bonchev–Trinajstić information content (AvgIpc) is 2.50. The van der Waals surface area contributed by atoms with Gasteiger partial charge in [0.1, 0.15) is 16.4 Å². The van der Waals surface area contributed by atoms with Crippen molar-refractivity contribution in [3.63, 3.8) is 0 Å². The summed E-state index contributed by atoms with van der Waals surface area (Å²) in [7, 11) is 0. The van der Waals surface area contributed by atoms with Gasteiger partial charge in [0.05, 0.1) is 18.8 Å². The zero-order valence-electron chi connectivity index (χ0n) is 16.3. The van der Waals surface area contributed by atoms with Crippen LogP contribution in [-0.4, -0.2) is 42.4 Å². The van der Waals surface area contributed by atoms with Gasteiger partial charge in [-0.3, -0.25) is 4.79 Å². The van der Waals surface area contributed by atoms with Crippen molar-refractivity contribution in [1.29, 1.82) is 0 Å². The fourth-order valence-electron chi connectivity index (χ4n) is 1.60. The Morgan fingerprint density at radius 2 is 1.58 bits per heavy atom. The monoisotopic (exact) mass is 387 g/mol. The van der Waals surface area contributed by atoms with E-state index < -0.39 is 23.3 Å². The van der Waals surface area contributed by atoms with Crippen LogP contribution in [0, 0.1) is 0 Å². The molecule has 26 heavy (non-hydrogen) atoms. The highest BCUT2D eigenvalue weighted by molar-refractivity contribution is 6.42. The van der Waals surface area contributed by atoms with Gasteiger partial charge in [0, 0.05) is 13.0 Å². The predicted molar refractivity (Wildman–Crippen MR) is 98.9 cm³/mol. The molecule has 0 radical (unpaired) electrons. The Balaban J connectivity index is 6.25. The summed E-state index contributed by atoms with van der Waals surface area (Å²) in [5, 5.41) is -0.147. The average molecular weight is 388 g/mol. The standard InChI is InChI=1S/C18H26ClNO6/c1-8-24-14(22)10-13(17(23)25-9-2)16(20-18(5,6)7)26-12(4)15(19)11(3)21/h10H,8-9H2,1-7H3/b13-10+,15-12+,20-16?. The van der Waals surface area contributed by atoms with Crippen LogP contribution in [-0.2, 0) is 28.6 Å². The number of ether oxygens (including phenoxy) is 3. The molecule has 0 rings (SSSR count). The maximum Gasteiger partial charge on any atom is 0.343 e. The van der Waals surface area contributed by atoms with Crippen LogP contribution in [0.5, 0.6) is 0 Å². The first kappa shape index (κ1) is 23.9. The van der Waals surface area contributed by atoms with Crippen LogP contribution in [0.15, 0.2) is 27.4 Å². The molecule has 8 heteroatoms. The Kier molecular flexibility index (Phi) is 9.86. The summed E-state index contributed by atoms with van der Waals surface area (Å²) >= 11 is 5.91. The third-order valence-corrected chi connectivity index (χ3v) is 3.11. The van der Waals surface area contributed by atoms with E-state index in [0.717, 1.165) is 6.08 Å². The first-order valence-corrected chi connectivity index (χ1v) is 8.51. The zero-order valence-corrected chi connectivity index (χ0v) is 17.0. The van der Waals surface area contributed by atoms with E-state index in [4.69, 9.17) is 25.8 Å². The molecule has 0 N–H and O–H groups in total. The van der Waals surface area contributed by atoms with Gasteiger partial charge in [-0.1, -0.05) is 11.6 Å². The van der Waals surface area contributed by atoms with Gasteiger partial charge in [0.15, 0.2) is 5.78 Å². The van der Waals surface area contributed by atoms with Gasteiger partial charge in [0.25, 0.3) is 0 Å². The number of halogens is 1. The highest BCUT2D eigenvalue weighted by Crippen LogP contribution is 2.18. The number of aliphatic imine (C=N–C) groups is 1. The summed E-state index contributed by atoms with van der Waals surface area (Å²) in [5.74, 6) is -2.12. The van der Waals surface area contributed by atoms with Crippen LogP contribution >= 0.6 is 11.6 Å². The minimum Gasteiger partial charge on any atom is -0.463 e. The SMILES string of the molecule is CCOC(=O)/C=C(/C(=O)OCC)C(=NC(C)(C)C)O/C(C)=C(/Cl)C(C)=O. The molecule has 0 aromatic rings. The number of carbonyl (C=O) groups is 3. The number of hydrogen-bond acceptors (Lipinski definition) is 7. The Labute approximate surface area is 159 Å². The summed E-state index contributed by atoms with van der Waals surface area (Å²) < 4.78 is 15.4. The molecular weight excluding hydrogens is 362 g/mol. The molecule has 146 valence electrons. The molecule has 0 amide bonds. The number of rotatable bonds is 7. The van der Waals surface area contributed by atoms with E-state index in [1.54, 1.807) is 34.6 Å². The molecule has 0 spiro atoms. The molecule has 0 aliphatic carbocycles. The lowest BCUT2D eigenvalue weighted by Crippen LogP contribution is -2.24. The molecule has 0 saturated heterocycles. The van der Waals surface area contributed by atoms with Crippen molar-refractivity contribution in [2.75, 3.05) is 13.2 Å². The highest BCUT2D eigenvalue weighted by atomic mass is 35.5. The van der Waals surface area contributed by atoms with Gasteiger partial charge in [-0.05, 0) is 41.5 Å². The number of ketones is 1. The van der Waals surface area contributed by atoms with Crippen molar-refractivity contribution in [2.24, 2.45) is 4.99 Å². The van der Waals surface area contributed by atoms with E-state index in [0.29, 0.717) is 0 Å². The van der Waals surface area contributed by atoms with Crippen molar-refractivity contribution in [3.8, 4) is 0 Å². The molecule has 0 aromatic heterocycles. The summed E-state index contributed by atoms with van der Waals surface area (Å²) in [5.41, 5.74) is -0.883. The minimum atomic E-state index is -0.810. The Bertz CT molecular complexity index is 641. The predicted octanol–water partition coefficient (Wildman–Crippen LogP) is 3.31. The van der Waals surface area contributed by atoms with E-state index in [1.165, 1.54) is 13.8 Å². The largest absolute Gasteiger partial charge is 0.463 e. The summed E-state index contributed by atoms with van der Waals surface area (Å²) in [4.78, 5) is 39.9. The minimum absolute atomic E-state index is 0.0428. The van der Waals surface area contributed by atoms with Gasteiger partial charge >= 0.3 is 11.9 Å². The number of hydrogen-bond donors (Lipinski definition) is 0. The fourth-order valence-corrected chi connectivity index (χ4v) is 1.64. The van der Waals surface area contributed by atoms with Crippen molar-refractivity contribution < 1.29 is 28.6 Å². The van der Waals surface area contributed by atoms with Crippen LogP contribution in [0.1, 0.15) is 48.5 Å².